The summed E-state index contributed by atoms with van der Waals surface area (Å²) in [5.74, 6) is 1.01. The zero-order chi connectivity index (χ0) is 20.4. The van der Waals surface area contributed by atoms with Crippen molar-refractivity contribution in [2.45, 2.75) is 25.7 Å². The van der Waals surface area contributed by atoms with Crippen molar-refractivity contribution in [3.05, 3.63) is 83.6 Å². The Morgan fingerprint density at radius 1 is 1.00 bits per heavy atom. The highest BCUT2D eigenvalue weighted by molar-refractivity contribution is 8.00. The second-order valence-electron chi connectivity index (χ2n) is 7.22. The fraction of sp³-hybridized carbons (Fsp3) is 0.167. The highest BCUT2D eigenvalue weighted by Crippen LogP contribution is 2.30. The normalized spacial score (nSPS) is 11.0. The van der Waals surface area contributed by atoms with Crippen LogP contribution in [-0.4, -0.2) is 21.0 Å². The van der Waals surface area contributed by atoms with Crippen molar-refractivity contribution in [2.75, 3.05) is 11.1 Å². The summed E-state index contributed by atoms with van der Waals surface area (Å²) < 4.78 is 1.96. The van der Waals surface area contributed by atoms with Gasteiger partial charge in [-0.1, -0.05) is 54.1 Å². The third-order valence-corrected chi connectivity index (χ3v) is 5.94. The molecule has 29 heavy (non-hydrogen) atoms. The summed E-state index contributed by atoms with van der Waals surface area (Å²) in [6.07, 6.45) is 2.00. The molecule has 0 saturated carbocycles. The molecule has 0 aliphatic carbocycles. The number of rotatable bonds is 5. The van der Waals surface area contributed by atoms with Gasteiger partial charge in [0.05, 0.1) is 5.75 Å². The van der Waals surface area contributed by atoms with Gasteiger partial charge in [-0.15, -0.1) is 11.8 Å². The van der Waals surface area contributed by atoms with E-state index >= 15 is 0 Å². The van der Waals surface area contributed by atoms with Gasteiger partial charge >= 0.3 is 0 Å². The third kappa shape index (κ3) is 4.20. The molecular formula is C24H23N3OS. The molecule has 4 rings (SSSR count). The minimum absolute atomic E-state index is 0.0459. The number of imidazole rings is 1. The molecule has 146 valence electrons. The average Bonchev–Trinajstić information content (AvgIpc) is 3.05. The Bertz CT molecular complexity index is 1180. The van der Waals surface area contributed by atoms with E-state index in [1.165, 1.54) is 11.1 Å². The number of nitrogens with one attached hydrogen (secondary N) is 1. The lowest BCUT2D eigenvalue weighted by Gasteiger charge is -2.09. The Kier molecular flexibility index (Phi) is 5.41. The van der Waals surface area contributed by atoms with E-state index in [0.29, 0.717) is 11.6 Å². The molecule has 4 nitrogen and oxygen atoms in total. The number of carbonyl (C=O) groups is 1. The summed E-state index contributed by atoms with van der Waals surface area (Å²) in [7, 11) is 0. The number of aryl methyl sites for hydroxylation is 3. The second-order valence-corrected chi connectivity index (χ2v) is 8.23. The van der Waals surface area contributed by atoms with Crippen LogP contribution in [0.5, 0.6) is 0 Å². The van der Waals surface area contributed by atoms with Crippen LogP contribution in [0.15, 0.2) is 71.8 Å². The van der Waals surface area contributed by atoms with Crippen molar-refractivity contribution >= 4 is 29.1 Å². The van der Waals surface area contributed by atoms with Gasteiger partial charge in [-0.3, -0.25) is 9.20 Å². The topological polar surface area (TPSA) is 46.4 Å². The highest BCUT2D eigenvalue weighted by atomic mass is 32.2. The number of benzene rings is 2. The zero-order valence-electron chi connectivity index (χ0n) is 16.8. The lowest BCUT2D eigenvalue weighted by molar-refractivity contribution is -0.113. The predicted octanol–water partition coefficient (Wildman–Crippen LogP) is 5.66. The molecule has 0 fully saturated rings. The third-order valence-electron chi connectivity index (χ3n) is 4.76. The first-order valence-corrected chi connectivity index (χ1v) is 10.5. The largest absolute Gasteiger partial charge is 0.309 e. The lowest BCUT2D eigenvalue weighted by atomic mass is 10.1. The molecule has 0 spiro atoms. The summed E-state index contributed by atoms with van der Waals surface area (Å²) in [6.45, 7) is 6.18. The van der Waals surface area contributed by atoms with Gasteiger partial charge in [-0.2, -0.15) is 0 Å². The summed E-state index contributed by atoms with van der Waals surface area (Å²) in [6, 6.07) is 20.2. The Morgan fingerprint density at radius 2 is 1.76 bits per heavy atom. The number of amides is 1. The van der Waals surface area contributed by atoms with Crippen LogP contribution in [0.25, 0.3) is 16.9 Å². The van der Waals surface area contributed by atoms with Gasteiger partial charge < -0.3 is 5.32 Å². The Labute approximate surface area is 175 Å². The van der Waals surface area contributed by atoms with E-state index in [2.05, 4.69) is 37.4 Å². The van der Waals surface area contributed by atoms with Crippen LogP contribution < -0.4 is 5.32 Å². The van der Waals surface area contributed by atoms with Gasteiger partial charge in [0.2, 0.25) is 5.91 Å². The Hall–Kier alpha value is -3.05. The monoisotopic (exact) mass is 401 g/mol. The summed E-state index contributed by atoms with van der Waals surface area (Å²) in [4.78, 5) is 18.7. The summed E-state index contributed by atoms with van der Waals surface area (Å²) in [5.41, 5.74) is 6.09. The maximum absolute atomic E-state index is 12.8. The Balaban J connectivity index is 1.62. The number of hydrogen-bond donors (Lipinski definition) is 1. The smallest absolute Gasteiger partial charge is 0.235 e. The van der Waals surface area contributed by atoms with Crippen LogP contribution in [0.4, 0.5) is 5.82 Å². The number of hydrogen-bond acceptors (Lipinski definition) is 3. The molecule has 0 unspecified atom stereocenters. The zero-order valence-corrected chi connectivity index (χ0v) is 17.6. The second kappa shape index (κ2) is 8.13. The van der Waals surface area contributed by atoms with Crippen molar-refractivity contribution in [3.8, 4) is 11.3 Å². The van der Waals surface area contributed by atoms with E-state index in [0.717, 1.165) is 27.4 Å². The first-order valence-electron chi connectivity index (χ1n) is 9.55. The molecule has 2 aromatic carbocycles. The fourth-order valence-electron chi connectivity index (χ4n) is 3.34. The van der Waals surface area contributed by atoms with Gasteiger partial charge in [-0.05, 0) is 44.0 Å². The van der Waals surface area contributed by atoms with Gasteiger partial charge in [-0.25, -0.2) is 4.98 Å². The van der Waals surface area contributed by atoms with Crippen LogP contribution in [0.2, 0.25) is 0 Å². The number of nitrogens with zero attached hydrogens (tertiary/aromatic N) is 2. The van der Waals surface area contributed by atoms with Gasteiger partial charge in [0.1, 0.15) is 17.2 Å². The number of anilines is 1. The minimum Gasteiger partial charge on any atom is -0.309 e. The van der Waals surface area contributed by atoms with E-state index in [1.54, 1.807) is 11.8 Å². The van der Waals surface area contributed by atoms with Crippen LogP contribution >= 0.6 is 11.8 Å². The van der Waals surface area contributed by atoms with Crippen molar-refractivity contribution in [2.24, 2.45) is 0 Å². The SMILES string of the molecule is Cc1ccc(SCC(=O)Nc2c(-c3ccccc3)nc3ccc(C)cn23)c(C)c1. The molecule has 1 N–H and O–H groups in total. The van der Waals surface area contributed by atoms with E-state index in [-0.39, 0.29) is 5.91 Å². The van der Waals surface area contributed by atoms with Crippen LogP contribution in [0.3, 0.4) is 0 Å². The van der Waals surface area contributed by atoms with E-state index in [4.69, 9.17) is 4.98 Å². The minimum atomic E-state index is -0.0459. The molecule has 0 radical (unpaired) electrons. The molecule has 5 heteroatoms. The molecule has 0 aliphatic rings. The average molecular weight is 402 g/mol. The number of thioether (sulfide) groups is 1. The number of pyridine rings is 1. The molecular weight excluding hydrogens is 378 g/mol. The number of carbonyl (C=O) groups excluding carboxylic acids is 1. The highest BCUT2D eigenvalue weighted by Gasteiger charge is 2.17. The van der Waals surface area contributed by atoms with Crippen LogP contribution in [0, 0.1) is 20.8 Å². The number of aromatic nitrogens is 2. The van der Waals surface area contributed by atoms with Crippen LogP contribution in [-0.2, 0) is 4.79 Å². The Morgan fingerprint density at radius 3 is 2.52 bits per heavy atom. The lowest BCUT2D eigenvalue weighted by Crippen LogP contribution is -2.16. The van der Waals surface area contributed by atoms with Crippen molar-refractivity contribution < 1.29 is 4.79 Å². The van der Waals surface area contributed by atoms with Crippen molar-refractivity contribution in [1.29, 1.82) is 0 Å². The van der Waals surface area contributed by atoms with Crippen molar-refractivity contribution in [3.63, 3.8) is 0 Å². The first kappa shape index (κ1) is 19.3. The van der Waals surface area contributed by atoms with E-state index < -0.39 is 0 Å². The molecule has 0 atom stereocenters. The summed E-state index contributed by atoms with van der Waals surface area (Å²) >= 11 is 1.55. The van der Waals surface area contributed by atoms with Gasteiger partial charge in [0.15, 0.2) is 0 Å². The molecule has 0 saturated heterocycles. The molecule has 2 heterocycles. The predicted molar refractivity (Wildman–Crippen MR) is 121 cm³/mol. The summed E-state index contributed by atoms with van der Waals surface area (Å²) in [5, 5.41) is 3.10. The quantitative estimate of drug-likeness (QED) is 0.439. The van der Waals surface area contributed by atoms with E-state index in [1.807, 2.05) is 60.0 Å². The van der Waals surface area contributed by atoms with Gasteiger partial charge in [0.25, 0.3) is 0 Å². The molecule has 0 aliphatic heterocycles. The molecule has 4 aromatic rings. The van der Waals surface area contributed by atoms with Crippen molar-refractivity contribution in [1.82, 2.24) is 9.38 Å². The first-order chi connectivity index (χ1) is 14.0. The maximum atomic E-state index is 12.8. The molecule has 2 aromatic heterocycles. The standard InChI is InChI=1S/C24H23N3OS/c1-16-9-11-20(18(3)13-16)29-15-22(28)26-24-23(19-7-5-4-6-8-19)25-21-12-10-17(2)14-27(21)24/h4-14H,15H2,1-3H3,(H,26,28). The maximum Gasteiger partial charge on any atom is 0.235 e. The number of fused-ring (bicyclic) bond motifs is 1. The van der Waals surface area contributed by atoms with E-state index in [9.17, 15) is 4.79 Å². The fourth-order valence-corrected chi connectivity index (χ4v) is 4.15. The molecule has 0 bridgehead atoms. The van der Waals surface area contributed by atoms with Crippen LogP contribution in [0.1, 0.15) is 16.7 Å². The van der Waals surface area contributed by atoms with Gasteiger partial charge in [0, 0.05) is 16.7 Å². The molecule has 1 amide bonds.